The molecule has 2 N–H and O–H groups in total. The average Bonchev–Trinajstić information content (AvgIpc) is 2.64. The van der Waals surface area contributed by atoms with Gasteiger partial charge in [0, 0.05) is 25.5 Å². The number of likely N-dealkylation sites (tertiary alicyclic amines) is 1. The topological polar surface area (TPSA) is 95.9 Å². The second-order valence-corrected chi connectivity index (χ2v) is 7.98. The van der Waals surface area contributed by atoms with Crippen LogP contribution in [0, 0.1) is 5.41 Å². The second kappa shape index (κ2) is 8.73. The summed E-state index contributed by atoms with van der Waals surface area (Å²) in [5.41, 5.74) is 0.501. The molecule has 1 saturated carbocycles. The summed E-state index contributed by atoms with van der Waals surface area (Å²) in [6.45, 7) is 1.36. The van der Waals surface area contributed by atoms with Gasteiger partial charge in [0.1, 0.15) is 18.5 Å². The molecule has 1 heterocycles. The Bertz CT molecular complexity index is 705. The molecule has 1 atom stereocenters. The van der Waals surface area contributed by atoms with E-state index in [-0.39, 0.29) is 36.3 Å². The summed E-state index contributed by atoms with van der Waals surface area (Å²) in [6, 6.07) is 6.76. The maximum Gasteiger partial charge on any atom is 0.229 e. The summed E-state index contributed by atoms with van der Waals surface area (Å²) in [5.74, 6) is 0.00860. The molecule has 7 nitrogen and oxygen atoms in total. The average molecular weight is 388 g/mol. The Morgan fingerprint density at radius 3 is 2.32 bits per heavy atom. The van der Waals surface area contributed by atoms with Crippen LogP contribution in [-0.2, 0) is 14.4 Å². The zero-order valence-electron chi connectivity index (χ0n) is 16.3. The fourth-order valence-corrected chi connectivity index (χ4v) is 4.19. The normalized spacial score (nSPS) is 20.1. The monoisotopic (exact) mass is 388 g/mol. The lowest BCUT2D eigenvalue weighted by Crippen LogP contribution is -2.51. The second-order valence-electron chi connectivity index (χ2n) is 7.98. The van der Waals surface area contributed by atoms with E-state index in [1.54, 1.807) is 24.3 Å². The van der Waals surface area contributed by atoms with E-state index in [4.69, 9.17) is 4.74 Å². The number of carbonyl (C=O) groups excluding carboxylic acids is 3. The standard InChI is InChI=1S/C21H28N2O5/c1-15(24)22-16-5-7-18(8-6-16)28-14-17(25)13-23-19(26)11-21(12-20(23)27)9-3-2-4-10-21/h5-8,17,25H,2-4,9-14H2,1H3,(H,22,24)/t17-/m0/s1. The van der Waals surface area contributed by atoms with Gasteiger partial charge in [-0.15, -0.1) is 0 Å². The highest BCUT2D eigenvalue weighted by atomic mass is 16.5. The Kier molecular flexibility index (Phi) is 6.34. The fraction of sp³-hybridized carbons (Fsp3) is 0.571. The van der Waals surface area contributed by atoms with Crippen LogP contribution < -0.4 is 10.1 Å². The van der Waals surface area contributed by atoms with E-state index in [0.29, 0.717) is 24.3 Å². The van der Waals surface area contributed by atoms with Gasteiger partial charge in [-0.2, -0.15) is 0 Å². The quantitative estimate of drug-likeness (QED) is 0.730. The molecular formula is C21H28N2O5. The Hall–Kier alpha value is -2.41. The minimum Gasteiger partial charge on any atom is -0.491 e. The van der Waals surface area contributed by atoms with Gasteiger partial charge >= 0.3 is 0 Å². The number of anilines is 1. The number of carbonyl (C=O) groups is 3. The highest BCUT2D eigenvalue weighted by Crippen LogP contribution is 2.45. The SMILES string of the molecule is CC(=O)Nc1ccc(OC[C@@H](O)CN2C(=O)CC3(CCCCC3)CC2=O)cc1. The highest BCUT2D eigenvalue weighted by Gasteiger charge is 2.44. The predicted octanol–water partition coefficient (Wildman–Crippen LogP) is 2.48. The third-order valence-electron chi connectivity index (χ3n) is 5.58. The highest BCUT2D eigenvalue weighted by molar-refractivity contribution is 5.98. The first-order valence-electron chi connectivity index (χ1n) is 9.89. The Morgan fingerprint density at radius 1 is 1.14 bits per heavy atom. The molecule has 1 aliphatic heterocycles. The number of hydrogen-bond donors (Lipinski definition) is 2. The van der Waals surface area contributed by atoms with Gasteiger partial charge in [-0.1, -0.05) is 19.3 Å². The van der Waals surface area contributed by atoms with Crippen LogP contribution in [0.25, 0.3) is 0 Å². The number of aliphatic hydroxyl groups excluding tert-OH is 1. The number of nitrogens with zero attached hydrogens (tertiary/aromatic N) is 1. The summed E-state index contributed by atoms with van der Waals surface area (Å²) >= 11 is 0. The Labute approximate surface area is 165 Å². The number of hydrogen-bond acceptors (Lipinski definition) is 5. The number of piperidine rings is 1. The van der Waals surface area contributed by atoms with E-state index in [2.05, 4.69) is 5.32 Å². The van der Waals surface area contributed by atoms with Crippen molar-refractivity contribution in [2.75, 3.05) is 18.5 Å². The summed E-state index contributed by atoms with van der Waals surface area (Å²) in [5, 5.41) is 12.9. The molecule has 1 aromatic rings. The van der Waals surface area contributed by atoms with Crippen molar-refractivity contribution >= 4 is 23.4 Å². The zero-order valence-corrected chi connectivity index (χ0v) is 16.3. The van der Waals surface area contributed by atoms with Crippen LogP contribution in [0.3, 0.4) is 0 Å². The van der Waals surface area contributed by atoms with Crippen LogP contribution in [0.2, 0.25) is 0 Å². The number of rotatable bonds is 6. The fourth-order valence-electron chi connectivity index (χ4n) is 4.19. The minimum atomic E-state index is -0.955. The summed E-state index contributed by atoms with van der Waals surface area (Å²) in [7, 11) is 0. The molecule has 0 radical (unpaired) electrons. The number of amides is 3. The molecule has 2 aliphatic rings. The maximum atomic E-state index is 12.5. The van der Waals surface area contributed by atoms with Crippen molar-refractivity contribution in [1.82, 2.24) is 4.90 Å². The third kappa shape index (κ3) is 5.10. The summed E-state index contributed by atoms with van der Waals surface area (Å²) in [6.07, 6.45) is 5.07. The molecule has 0 aromatic heterocycles. The van der Waals surface area contributed by atoms with Gasteiger partial charge in [0.05, 0.1) is 6.54 Å². The van der Waals surface area contributed by atoms with E-state index in [0.717, 1.165) is 25.7 Å². The number of nitrogens with one attached hydrogen (secondary N) is 1. The third-order valence-corrected chi connectivity index (χ3v) is 5.58. The molecule has 1 aliphatic carbocycles. The molecule has 3 amide bonds. The number of aliphatic hydroxyl groups is 1. The number of β-amino-alcohol motifs (C(OH)–C–C–N with tert-alkyl or cyclic N) is 1. The van der Waals surface area contributed by atoms with Crippen molar-refractivity contribution in [3.8, 4) is 5.75 Å². The lowest BCUT2D eigenvalue weighted by molar-refractivity contribution is -0.156. The first-order chi connectivity index (χ1) is 13.4. The van der Waals surface area contributed by atoms with Gasteiger partial charge in [0.15, 0.2) is 0 Å². The van der Waals surface area contributed by atoms with Gasteiger partial charge in [-0.05, 0) is 42.5 Å². The van der Waals surface area contributed by atoms with E-state index in [1.807, 2.05) is 0 Å². The smallest absolute Gasteiger partial charge is 0.229 e. The van der Waals surface area contributed by atoms with Crippen LogP contribution in [0.1, 0.15) is 51.9 Å². The minimum absolute atomic E-state index is 0.0261. The van der Waals surface area contributed by atoms with E-state index in [1.165, 1.54) is 18.2 Å². The van der Waals surface area contributed by atoms with Crippen molar-refractivity contribution < 1.29 is 24.2 Å². The molecule has 28 heavy (non-hydrogen) atoms. The number of imide groups is 1. The largest absolute Gasteiger partial charge is 0.491 e. The van der Waals surface area contributed by atoms with Crippen LogP contribution in [0.5, 0.6) is 5.75 Å². The summed E-state index contributed by atoms with van der Waals surface area (Å²) < 4.78 is 5.54. The van der Waals surface area contributed by atoms with Gasteiger partial charge in [-0.3, -0.25) is 19.3 Å². The molecule has 2 fully saturated rings. The van der Waals surface area contributed by atoms with Gasteiger partial charge < -0.3 is 15.2 Å². The molecule has 7 heteroatoms. The Balaban J connectivity index is 1.49. The van der Waals surface area contributed by atoms with Crippen molar-refractivity contribution in [3.63, 3.8) is 0 Å². The lowest BCUT2D eigenvalue weighted by Gasteiger charge is -2.42. The van der Waals surface area contributed by atoms with Crippen molar-refractivity contribution in [3.05, 3.63) is 24.3 Å². The first-order valence-corrected chi connectivity index (χ1v) is 9.89. The summed E-state index contributed by atoms with van der Waals surface area (Å²) in [4.78, 5) is 37.3. The number of ether oxygens (including phenoxy) is 1. The van der Waals surface area contributed by atoms with E-state index in [9.17, 15) is 19.5 Å². The van der Waals surface area contributed by atoms with E-state index >= 15 is 0 Å². The van der Waals surface area contributed by atoms with Gasteiger partial charge in [0.25, 0.3) is 0 Å². The molecule has 0 bridgehead atoms. The van der Waals surface area contributed by atoms with Crippen LogP contribution >= 0.6 is 0 Å². The van der Waals surface area contributed by atoms with Crippen LogP contribution in [0.15, 0.2) is 24.3 Å². The van der Waals surface area contributed by atoms with Gasteiger partial charge in [0.2, 0.25) is 17.7 Å². The first kappa shape index (κ1) is 20.3. The number of benzene rings is 1. The molecule has 1 spiro atoms. The predicted molar refractivity (Wildman–Crippen MR) is 104 cm³/mol. The molecule has 1 saturated heterocycles. The molecule has 152 valence electrons. The van der Waals surface area contributed by atoms with Crippen molar-refractivity contribution in [2.45, 2.75) is 58.0 Å². The van der Waals surface area contributed by atoms with E-state index < -0.39 is 6.10 Å². The van der Waals surface area contributed by atoms with Crippen LogP contribution in [-0.4, -0.2) is 47.0 Å². The van der Waals surface area contributed by atoms with Crippen molar-refractivity contribution in [1.29, 1.82) is 0 Å². The molecule has 1 aromatic carbocycles. The van der Waals surface area contributed by atoms with Crippen molar-refractivity contribution in [2.24, 2.45) is 5.41 Å². The molecule has 3 rings (SSSR count). The lowest BCUT2D eigenvalue weighted by atomic mass is 9.67. The Morgan fingerprint density at radius 2 is 1.75 bits per heavy atom. The molecule has 0 unspecified atom stereocenters. The zero-order chi connectivity index (χ0) is 20.1. The van der Waals surface area contributed by atoms with Crippen LogP contribution in [0.4, 0.5) is 5.69 Å². The maximum absolute atomic E-state index is 12.5. The molecular weight excluding hydrogens is 360 g/mol. The van der Waals surface area contributed by atoms with Gasteiger partial charge in [-0.25, -0.2) is 0 Å².